The Labute approximate surface area is 81.5 Å². The largest absolute Gasteiger partial charge is 0.382 e. The molecule has 0 bridgehead atoms. The van der Waals surface area contributed by atoms with Crippen molar-refractivity contribution < 1.29 is 0 Å². The fraction of sp³-hybridized carbons (Fsp3) is 0. The molecule has 2 aromatic heterocycles. The van der Waals surface area contributed by atoms with Gasteiger partial charge < -0.3 is 5.73 Å². The lowest BCUT2D eigenvalue weighted by atomic mass is 10.5. The highest BCUT2D eigenvalue weighted by molar-refractivity contribution is 9.10. The number of hydrogen-bond donors (Lipinski definition) is 1. The molecule has 0 spiro atoms. The first kappa shape index (κ1) is 7.82. The second kappa shape index (κ2) is 2.60. The summed E-state index contributed by atoms with van der Waals surface area (Å²) >= 11 is 9.19. The SMILES string of the molecule is Nc1ncnn2cc(Br)c(Cl)c12. The maximum atomic E-state index is 5.92. The fourth-order valence-electron chi connectivity index (χ4n) is 0.968. The highest BCUT2D eigenvalue weighted by atomic mass is 79.9. The topological polar surface area (TPSA) is 56.2 Å². The lowest BCUT2D eigenvalue weighted by Gasteiger charge is -1.95. The van der Waals surface area contributed by atoms with Crippen LogP contribution in [0.1, 0.15) is 0 Å². The number of nitrogen functional groups attached to an aromatic ring is 1. The van der Waals surface area contributed by atoms with Crippen molar-refractivity contribution in [3.63, 3.8) is 0 Å². The van der Waals surface area contributed by atoms with E-state index in [1.165, 1.54) is 6.33 Å². The number of halogens is 2. The van der Waals surface area contributed by atoms with Crippen LogP contribution in [0.4, 0.5) is 5.82 Å². The molecule has 6 heteroatoms. The van der Waals surface area contributed by atoms with Crippen LogP contribution in [0.15, 0.2) is 17.0 Å². The molecule has 0 radical (unpaired) electrons. The molecule has 0 aliphatic rings. The minimum Gasteiger partial charge on any atom is -0.382 e. The summed E-state index contributed by atoms with van der Waals surface area (Å²) in [4.78, 5) is 3.82. The third-order valence-electron chi connectivity index (χ3n) is 1.50. The Balaban J connectivity index is 2.97. The number of nitrogens with two attached hydrogens (primary N) is 1. The van der Waals surface area contributed by atoms with Crippen molar-refractivity contribution in [2.75, 3.05) is 5.73 Å². The monoisotopic (exact) mass is 246 g/mol. The van der Waals surface area contributed by atoms with Crippen molar-refractivity contribution in [3.8, 4) is 0 Å². The van der Waals surface area contributed by atoms with Crippen LogP contribution in [0.3, 0.4) is 0 Å². The molecule has 2 N–H and O–H groups in total. The van der Waals surface area contributed by atoms with Gasteiger partial charge in [0.05, 0.1) is 9.50 Å². The average Bonchev–Trinajstić information content (AvgIpc) is 2.29. The van der Waals surface area contributed by atoms with E-state index in [4.69, 9.17) is 17.3 Å². The highest BCUT2D eigenvalue weighted by Gasteiger charge is 2.09. The summed E-state index contributed by atoms with van der Waals surface area (Å²) < 4.78 is 2.34. The fourth-order valence-corrected chi connectivity index (χ4v) is 1.58. The van der Waals surface area contributed by atoms with Gasteiger partial charge in [-0.15, -0.1) is 0 Å². The van der Waals surface area contributed by atoms with E-state index in [9.17, 15) is 0 Å². The van der Waals surface area contributed by atoms with Gasteiger partial charge in [0.2, 0.25) is 0 Å². The second-order valence-electron chi connectivity index (χ2n) is 2.23. The highest BCUT2D eigenvalue weighted by Crippen LogP contribution is 2.30. The summed E-state index contributed by atoms with van der Waals surface area (Å²) in [5.74, 6) is 0.376. The van der Waals surface area contributed by atoms with E-state index in [2.05, 4.69) is 26.0 Å². The third-order valence-corrected chi connectivity index (χ3v) is 2.71. The first-order valence-corrected chi connectivity index (χ1v) is 4.30. The van der Waals surface area contributed by atoms with Crippen LogP contribution in [0.5, 0.6) is 0 Å². The van der Waals surface area contributed by atoms with Crippen molar-refractivity contribution in [1.29, 1.82) is 0 Å². The smallest absolute Gasteiger partial charge is 0.152 e. The quantitative estimate of drug-likeness (QED) is 0.771. The van der Waals surface area contributed by atoms with Crippen LogP contribution in [0.2, 0.25) is 5.02 Å². The van der Waals surface area contributed by atoms with E-state index in [1.807, 2.05) is 0 Å². The van der Waals surface area contributed by atoms with Gasteiger partial charge in [-0.25, -0.2) is 9.50 Å². The summed E-state index contributed by atoms with van der Waals surface area (Å²) in [6.07, 6.45) is 3.11. The van der Waals surface area contributed by atoms with Gasteiger partial charge >= 0.3 is 0 Å². The normalized spacial score (nSPS) is 10.8. The van der Waals surface area contributed by atoms with Crippen molar-refractivity contribution in [2.45, 2.75) is 0 Å². The number of aromatic nitrogens is 3. The first-order valence-electron chi connectivity index (χ1n) is 3.13. The zero-order valence-corrected chi connectivity index (χ0v) is 8.17. The summed E-state index contributed by atoms with van der Waals surface area (Å²) in [7, 11) is 0. The van der Waals surface area contributed by atoms with Crippen LogP contribution in [0, 0.1) is 0 Å². The maximum Gasteiger partial charge on any atom is 0.152 e. The van der Waals surface area contributed by atoms with E-state index in [0.29, 0.717) is 16.4 Å². The molecule has 2 aromatic rings. The van der Waals surface area contributed by atoms with Crippen LogP contribution in [0.25, 0.3) is 5.52 Å². The van der Waals surface area contributed by atoms with Crippen molar-refractivity contribution in [3.05, 3.63) is 22.0 Å². The van der Waals surface area contributed by atoms with Crippen LogP contribution >= 0.6 is 27.5 Å². The molecular formula is C6H4BrClN4. The summed E-state index contributed by atoms with van der Waals surface area (Å²) in [6.45, 7) is 0. The van der Waals surface area contributed by atoms with Gasteiger partial charge in [-0.1, -0.05) is 11.6 Å². The standard InChI is InChI=1S/C6H4BrClN4/c7-3-1-12-5(4(3)8)6(9)10-2-11-12/h1-2H,(H2,9,10,11). The van der Waals surface area contributed by atoms with Crippen molar-refractivity contribution >= 4 is 38.9 Å². The average molecular weight is 247 g/mol. The zero-order chi connectivity index (χ0) is 8.72. The minimum atomic E-state index is 0.376. The molecule has 2 heterocycles. The minimum absolute atomic E-state index is 0.376. The molecule has 0 saturated heterocycles. The molecule has 0 atom stereocenters. The Morgan fingerprint density at radius 3 is 3.00 bits per heavy atom. The molecular weight excluding hydrogens is 243 g/mol. The Morgan fingerprint density at radius 1 is 1.58 bits per heavy atom. The molecule has 0 unspecified atom stereocenters. The van der Waals surface area contributed by atoms with Crippen LogP contribution in [-0.2, 0) is 0 Å². The van der Waals surface area contributed by atoms with E-state index >= 15 is 0 Å². The number of nitrogens with zero attached hydrogens (tertiary/aromatic N) is 3. The number of fused-ring (bicyclic) bond motifs is 1. The Kier molecular flexibility index (Phi) is 1.69. The zero-order valence-electron chi connectivity index (χ0n) is 5.83. The van der Waals surface area contributed by atoms with E-state index in [-0.39, 0.29) is 0 Å². The Bertz CT molecular complexity index is 438. The molecule has 62 valence electrons. The van der Waals surface area contributed by atoms with Gasteiger partial charge in [0.15, 0.2) is 5.82 Å². The predicted octanol–water partition coefficient (Wildman–Crippen LogP) is 1.73. The van der Waals surface area contributed by atoms with Gasteiger partial charge in [-0.2, -0.15) is 5.10 Å². The molecule has 0 fully saturated rings. The van der Waals surface area contributed by atoms with Gasteiger partial charge in [0.25, 0.3) is 0 Å². The van der Waals surface area contributed by atoms with Crippen LogP contribution < -0.4 is 5.73 Å². The molecule has 0 aromatic carbocycles. The van der Waals surface area contributed by atoms with Gasteiger partial charge in [0.1, 0.15) is 11.8 Å². The molecule has 0 aliphatic heterocycles. The number of hydrogen-bond acceptors (Lipinski definition) is 3. The molecule has 0 aliphatic carbocycles. The molecule has 2 rings (SSSR count). The Hall–Kier alpha value is -0.810. The predicted molar refractivity (Wildman–Crippen MR) is 50.1 cm³/mol. The summed E-state index contributed by atoms with van der Waals surface area (Å²) in [6, 6.07) is 0. The molecule has 0 saturated carbocycles. The lowest BCUT2D eigenvalue weighted by Crippen LogP contribution is -1.97. The third kappa shape index (κ3) is 0.971. The van der Waals surface area contributed by atoms with Gasteiger partial charge in [-0.05, 0) is 15.9 Å². The van der Waals surface area contributed by atoms with Crippen LogP contribution in [-0.4, -0.2) is 14.6 Å². The number of rotatable bonds is 0. The Morgan fingerprint density at radius 2 is 2.33 bits per heavy atom. The second-order valence-corrected chi connectivity index (χ2v) is 3.46. The van der Waals surface area contributed by atoms with E-state index in [0.717, 1.165) is 4.47 Å². The van der Waals surface area contributed by atoms with Crippen molar-refractivity contribution in [2.24, 2.45) is 0 Å². The first-order chi connectivity index (χ1) is 5.70. The summed E-state index contributed by atoms with van der Waals surface area (Å²) in [5, 5.41) is 4.47. The lowest BCUT2D eigenvalue weighted by molar-refractivity contribution is 0.906. The van der Waals surface area contributed by atoms with E-state index < -0.39 is 0 Å². The number of anilines is 1. The van der Waals surface area contributed by atoms with E-state index in [1.54, 1.807) is 10.7 Å². The molecule has 4 nitrogen and oxygen atoms in total. The summed E-state index contributed by atoms with van der Waals surface area (Å²) in [5.41, 5.74) is 6.22. The van der Waals surface area contributed by atoms with Gasteiger partial charge in [0, 0.05) is 6.20 Å². The maximum absolute atomic E-state index is 5.92. The van der Waals surface area contributed by atoms with Gasteiger partial charge in [-0.3, -0.25) is 0 Å². The molecule has 0 amide bonds. The van der Waals surface area contributed by atoms with Crippen molar-refractivity contribution in [1.82, 2.24) is 14.6 Å². The molecule has 12 heavy (non-hydrogen) atoms.